The number of β-lactam (4-membered cyclic amide) rings is 2. The number of unbranched alkanes of at least 4 members (excludes halogenated alkanes) is 2. The minimum Gasteiger partial charge on any atom is -0.376 e. The van der Waals surface area contributed by atoms with Gasteiger partial charge < -0.3 is 19.3 Å². The number of halogens is 4. The molecule has 4 aliphatic rings. The SMILES string of the molecule is C=CCOCC1(C)CN(CCCCc2ccc(F)[c-]c2F)C1=O.C=CCOCC1(C)CN(CCCCc2ccc(F)[c-]c2F)C1=O.CC1=[C-]C(C)(C)C(C)=C1C.CC1=[C-]C(C)(C)C(C)=C1C.[Ti+4]. The number of nitrogens with zero attached hydrogens (tertiary/aromatic N) is 2. The van der Waals surface area contributed by atoms with Crippen molar-refractivity contribution in [2.24, 2.45) is 21.7 Å². The van der Waals surface area contributed by atoms with Gasteiger partial charge in [0.25, 0.3) is 0 Å². The molecule has 2 heterocycles. The van der Waals surface area contributed by atoms with Crippen molar-refractivity contribution in [3.8, 4) is 0 Å². The van der Waals surface area contributed by atoms with Gasteiger partial charge in [0.05, 0.1) is 37.3 Å². The van der Waals surface area contributed by atoms with Gasteiger partial charge in [0.2, 0.25) is 11.8 Å². The minimum absolute atomic E-state index is 0. The van der Waals surface area contributed by atoms with Gasteiger partial charge in [-0.15, -0.1) is 62.4 Å². The van der Waals surface area contributed by atoms with Crippen molar-refractivity contribution in [3.05, 3.63) is 142 Å². The van der Waals surface area contributed by atoms with Gasteiger partial charge in [-0.05, 0) is 26.7 Å². The second-order valence-electron chi connectivity index (χ2n) is 19.6. The van der Waals surface area contributed by atoms with Crippen molar-refractivity contribution in [1.82, 2.24) is 9.80 Å². The van der Waals surface area contributed by atoms with Crippen molar-refractivity contribution in [1.29, 1.82) is 0 Å². The Balaban J connectivity index is 0.000000327. The Labute approximate surface area is 415 Å². The number of ether oxygens (including phenoxy) is 2. The van der Waals surface area contributed by atoms with Gasteiger partial charge in [-0.1, -0.05) is 104 Å². The van der Waals surface area contributed by atoms with Crippen LogP contribution in [0.4, 0.5) is 17.6 Å². The van der Waals surface area contributed by atoms with Crippen molar-refractivity contribution >= 4 is 11.8 Å². The smallest absolute Gasteiger partial charge is 0.376 e. The van der Waals surface area contributed by atoms with E-state index >= 15 is 0 Å². The Bertz CT molecular complexity index is 2020. The van der Waals surface area contributed by atoms with E-state index in [1.807, 2.05) is 26.0 Å². The largest absolute Gasteiger partial charge is 4.00 e. The van der Waals surface area contributed by atoms with Crippen LogP contribution in [0, 0.1) is 69.2 Å². The van der Waals surface area contributed by atoms with Gasteiger partial charge in [0, 0.05) is 49.4 Å². The Morgan fingerprint density at radius 1 is 0.597 bits per heavy atom. The Morgan fingerprint density at radius 3 is 1.18 bits per heavy atom. The summed E-state index contributed by atoms with van der Waals surface area (Å²) in [5.41, 5.74) is 8.85. The molecule has 2 aliphatic heterocycles. The first-order chi connectivity index (χ1) is 30.8. The summed E-state index contributed by atoms with van der Waals surface area (Å²) in [5.74, 6) is -2.43. The number of aryl methyl sites for hydroxylation is 2. The molecule has 2 unspecified atom stereocenters. The second kappa shape index (κ2) is 26.2. The first-order valence-corrected chi connectivity index (χ1v) is 23.1. The molecule has 67 heavy (non-hydrogen) atoms. The average Bonchev–Trinajstić information content (AvgIpc) is 3.55. The molecule has 6 nitrogen and oxygen atoms in total. The zero-order valence-corrected chi connectivity index (χ0v) is 43.9. The Morgan fingerprint density at radius 2 is 0.940 bits per heavy atom. The molecule has 0 radical (unpaired) electrons. The average molecular weight is 963 g/mol. The molecule has 2 fully saturated rings. The van der Waals surface area contributed by atoms with Crippen LogP contribution in [0.25, 0.3) is 0 Å². The first kappa shape index (κ1) is 59.3. The monoisotopic (exact) mass is 963 g/mol. The topological polar surface area (TPSA) is 59.1 Å². The van der Waals surface area contributed by atoms with E-state index in [-0.39, 0.29) is 44.4 Å². The predicted octanol–water partition coefficient (Wildman–Crippen LogP) is 12.5. The van der Waals surface area contributed by atoms with Crippen LogP contribution < -0.4 is 0 Å². The van der Waals surface area contributed by atoms with Crippen molar-refractivity contribution in [2.45, 2.75) is 122 Å². The van der Waals surface area contributed by atoms with E-state index in [9.17, 15) is 27.2 Å². The quantitative estimate of drug-likeness (QED) is 0.0373. The predicted molar refractivity (Wildman–Crippen MR) is 257 cm³/mol. The number of carbonyl (C=O) groups excluding carboxylic acids is 2. The van der Waals surface area contributed by atoms with Crippen LogP contribution in [0.3, 0.4) is 0 Å². The van der Waals surface area contributed by atoms with Crippen LogP contribution in [0.5, 0.6) is 0 Å². The maximum atomic E-state index is 13.4. The molecule has 2 aromatic carbocycles. The van der Waals surface area contributed by atoms with Crippen LogP contribution in [0.15, 0.2) is 83.0 Å². The van der Waals surface area contributed by atoms with Crippen LogP contribution in [0.1, 0.15) is 120 Å². The summed E-state index contributed by atoms with van der Waals surface area (Å²) in [6, 6.07) is 9.39. The maximum absolute atomic E-state index is 13.4. The molecule has 0 aromatic heterocycles. The number of hydrogen-bond acceptors (Lipinski definition) is 4. The summed E-state index contributed by atoms with van der Waals surface area (Å²) in [4.78, 5) is 27.9. The van der Waals surface area contributed by atoms with E-state index < -0.39 is 34.1 Å². The molecule has 2 atom stereocenters. The van der Waals surface area contributed by atoms with Gasteiger partial charge in [0.15, 0.2) is 0 Å². The number of amides is 2. The van der Waals surface area contributed by atoms with Gasteiger partial charge in [-0.2, -0.15) is 34.4 Å². The zero-order chi connectivity index (χ0) is 49.6. The van der Waals surface area contributed by atoms with Crippen molar-refractivity contribution in [3.63, 3.8) is 0 Å². The van der Waals surface area contributed by atoms with Crippen LogP contribution in [-0.4, -0.2) is 74.2 Å². The summed E-state index contributed by atoms with van der Waals surface area (Å²) in [6.45, 7) is 37.2. The minimum atomic E-state index is -0.685. The summed E-state index contributed by atoms with van der Waals surface area (Å²) < 4.78 is 63.2. The van der Waals surface area contributed by atoms with E-state index in [4.69, 9.17) is 9.47 Å². The standard InChI is InChI=1S/2C18H22F2NO2.2C10H15.Ti/c2*1-3-10-23-13-18(2)12-21(17(18)22)9-5-4-6-14-7-8-15(19)11-16(14)20;2*1-7-6-10(4,5)9(3)8(7)2;/h2*3,7-8H,1,4-6,9-10,12-13H2,2H3;2*1-5H3;/q4*-1;+4. The molecule has 0 bridgehead atoms. The molecule has 0 saturated carbocycles. The summed E-state index contributed by atoms with van der Waals surface area (Å²) in [6.07, 6.45) is 14.3. The zero-order valence-electron chi connectivity index (χ0n) is 42.3. The summed E-state index contributed by atoms with van der Waals surface area (Å²) >= 11 is 0. The number of allylic oxidation sites excluding steroid dienone is 8. The van der Waals surface area contributed by atoms with Crippen LogP contribution in [0.2, 0.25) is 0 Å². The molecule has 0 spiro atoms. The molecule has 11 heteroatoms. The van der Waals surface area contributed by atoms with Gasteiger partial charge in [-0.25, -0.2) is 28.7 Å². The van der Waals surface area contributed by atoms with Gasteiger partial charge in [-0.3, -0.25) is 21.7 Å². The first-order valence-electron chi connectivity index (χ1n) is 23.1. The van der Waals surface area contributed by atoms with E-state index in [2.05, 4.69) is 94.5 Å². The van der Waals surface area contributed by atoms with E-state index in [0.717, 1.165) is 25.7 Å². The molecular formula is C56H74F4N2O4Ti. The molecular weight excluding hydrogens is 888 g/mol. The van der Waals surface area contributed by atoms with Gasteiger partial charge >= 0.3 is 21.7 Å². The fourth-order valence-corrected chi connectivity index (χ4v) is 8.40. The third kappa shape index (κ3) is 16.7. The fourth-order valence-electron chi connectivity index (χ4n) is 8.40. The van der Waals surface area contributed by atoms with E-state index in [0.29, 0.717) is 76.6 Å². The molecule has 2 amide bonds. The van der Waals surface area contributed by atoms with E-state index in [1.165, 1.54) is 57.7 Å². The maximum Gasteiger partial charge on any atom is 4.00 e. The van der Waals surface area contributed by atoms with Crippen LogP contribution in [-0.2, 0) is 53.6 Å². The fraction of sp³-hybridized carbons (Fsp3) is 0.536. The number of hydrogen-bond donors (Lipinski definition) is 0. The molecule has 2 aromatic rings. The molecule has 0 N–H and O–H groups in total. The Kier molecular flexibility index (Phi) is 23.2. The molecule has 364 valence electrons. The number of carbonyl (C=O) groups is 2. The normalized spacial score (nSPS) is 21.1. The van der Waals surface area contributed by atoms with Crippen molar-refractivity contribution < 1.29 is 58.3 Å². The third-order valence-electron chi connectivity index (χ3n) is 13.3. The summed E-state index contributed by atoms with van der Waals surface area (Å²) in [5, 5.41) is 0. The number of benzene rings is 2. The molecule has 2 saturated heterocycles. The Hall–Kier alpha value is -3.83. The van der Waals surface area contributed by atoms with Crippen molar-refractivity contribution in [2.75, 3.05) is 52.6 Å². The van der Waals surface area contributed by atoms with E-state index in [1.54, 1.807) is 22.0 Å². The number of rotatable bonds is 18. The van der Waals surface area contributed by atoms with Gasteiger partial charge in [0.1, 0.15) is 0 Å². The summed E-state index contributed by atoms with van der Waals surface area (Å²) in [7, 11) is 0. The van der Waals surface area contributed by atoms with Crippen LogP contribution >= 0.6 is 0 Å². The molecule has 6 rings (SSSR count). The molecule has 2 aliphatic carbocycles. The second-order valence-corrected chi connectivity index (χ2v) is 19.6. The third-order valence-corrected chi connectivity index (χ3v) is 13.3. The number of likely N-dealkylation sites (tertiary alicyclic amines) is 2.